The van der Waals surface area contributed by atoms with Crippen LogP contribution in [0.25, 0.3) is 0 Å². The van der Waals surface area contributed by atoms with Crippen molar-refractivity contribution in [2.45, 2.75) is 26.1 Å². The molecule has 0 aromatic heterocycles. The van der Waals surface area contributed by atoms with E-state index in [9.17, 15) is 0 Å². The van der Waals surface area contributed by atoms with E-state index in [1.807, 2.05) is 19.1 Å². The van der Waals surface area contributed by atoms with Crippen molar-refractivity contribution in [1.82, 2.24) is 0 Å². The number of hydrogen-bond acceptors (Lipinski definition) is 1. The van der Waals surface area contributed by atoms with Crippen molar-refractivity contribution in [3.63, 3.8) is 0 Å². The van der Waals surface area contributed by atoms with Gasteiger partial charge in [-0.25, -0.2) is 0 Å². The van der Waals surface area contributed by atoms with Crippen molar-refractivity contribution in [2.24, 2.45) is 0 Å². The van der Waals surface area contributed by atoms with E-state index >= 15 is 0 Å². The molecule has 0 aliphatic rings. The quantitative estimate of drug-likeness (QED) is 0.632. The lowest BCUT2D eigenvalue weighted by Crippen LogP contribution is -2.01. The molecule has 0 saturated carbocycles. The number of rotatable bonds is 4. The first kappa shape index (κ1) is 15.4. The smallest absolute Gasteiger partial charge is 0.124 e. The Balaban J connectivity index is 2.43. The number of halogens is 2. The van der Waals surface area contributed by atoms with E-state index in [4.69, 9.17) is 16.3 Å². The molecule has 3 heteroatoms. The Bertz CT molecular complexity index is 610. The molecule has 0 amide bonds. The van der Waals surface area contributed by atoms with E-state index in [0.29, 0.717) is 6.61 Å². The van der Waals surface area contributed by atoms with Crippen molar-refractivity contribution in [2.75, 3.05) is 6.61 Å². The van der Waals surface area contributed by atoms with Crippen molar-refractivity contribution in [3.05, 3.63) is 63.1 Å². The van der Waals surface area contributed by atoms with Gasteiger partial charge in [0.15, 0.2) is 0 Å². The molecular formula is C17H18BrClO. The maximum absolute atomic E-state index is 6.67. The molecule has 0 aliphatic heterocycles. The third-order valence-electron chi connectivity index (χ3n) is 3.23. The molecule has 0 fully saturated rings. The zero-order valence-electron chi connectivity index (χ0n) is 11.9. The van der Waals surface area contributed by atoms with Crippen LogP contribution in [0.5, 0.6) is 5.75 Å². The van der Waals surface area contributed by atoms with Gasteiger partial charge in [-0.15, -0.1) is 11.6 Å². The summed E-state index contributed by atoms with van der Waals surface area (Å²) in [5, 5.41) is -0.214. The lowest BCUT2D eigenvalue weighted by atomic mass is 10.0. The first-order chi connectivity index (χ1) is 9.52. The number of ether oxygens (including phenoxy) is 1. The van der Waals surface area contributed by atoms with E-state index in [1.165, 1.54) is 11.1 Å². The summed E-state index contributed by atoms with van der Waals surface area (Å²) in [7, 11) is 0. The lowest BCUT2D eigenvalue weighted by Gasteiger charge is -2.17. The highest BCUT2D eigenvalue weighted by Gasteiger charge is 2.17. The summed E-state index contributed by atoms with van der Waals surface area (Å²) < 4.78 is 6.77. The van der Waals surface area contributed by atoms with Gasteiger partial charge in [0.05, 0.1) is 12.0 Å². The highest BCUT2D eigenvalue weighted by atomic mass is 79.9. The molecule has 1 nitrogen and oxygen atoms in total. The molecule has 0 heterocycles. The van der Waals surface area contributed by atoms with Crippen LogP contribution < -0.4 is 4.74 Å². The zero-order valence-corrected chi connectivity index (χ0v) is 14.3. The largest absolute Gasteiger partial charge is 0.494 e. The standard InChI is InChI=1S/C17H18BrClO/c1-4-20-16-8-5-11(2)9-14(16)17(19)13-7-6-12(3)15(18)10-13/h5-10,17H,4H2,1-3H3. The maximum atomic E-state index is 6.67. The van der Waals surface area contributed by atoms with Crippen LogP contribution in [0, 0.1) is 13.8 Å². The Kier molecular flexibility index (Phi) is 5.11. The van der Waals surface area contributed by atoms with Crippen molar-refractivity contribution in [1.29, 1.82) is 0 Å². The summed E-state index contributed by atoms with van der Waals surface area (Å²) in [6.45, 7) is 6.75. The van der Waals surface area contributed by atoms with Gasteiger partial charge in [-0.1, -0.05) is 45.8 Å². The second-order valence-electron chi connectivity index (χ2n) is 4.85. The molecule has 0 saturated heterocycles. The second kappa shape index (κ2) is 6.64. The van der Waals surface area contributed by atoms with Gasteiger partial charge >= 0.3 is 0 Å². The Hall–Kier alpha value is -0.990. The maximum Gasteiger partial charge on any atom is 0.124 e. The molecule has 2 rings (SSSR count). The fraction of sp³-hybridized carbons (Fsp3) is 0.294. The molecule has 0 bridgehead atoms. The van der Waals surface area contributed by atoms with Gasteiger partial charge in [-0.2, -0.15) is 0 Å². The number of aryl methyl sites for hydroxylation is 2. The van der Waals surface area contributed by atoms with E-state index in [2.05, 4.69) is 54.0 Å². The zero-order chi connectivity index (χ0) is 14.7. The van der Waals surface area contributed by atoms with Crippen molar-refractivity contribution < 1.29 is 4.74 Å². The summed E-state index contributed by atoms with van der Waals surface area (Å²) in [6.07, 6.45) is 0. The fourth-order valence-corrected chi connectivity index (χ4v) is 2.80. The first-order valence-corrected chi connectivity index (χ1v) is 7.89. The summed E-state index contributed by atoms with van der Waals surface area (Å²) in [5.74, 6) is 0.856. The summed E-state index contributed by atoms with van der Waals surface area (Å²) >= 11 is 10.2. The van der Waals surface area contributed by atoms with Crippen LogP contribution in [0.3, 0.4) is 0 Å². The van der Waals surface area contributed by atoms with Crippen LogP contribution in [0.2, 0.25) is 0 Å². The highest BCUT2D eigenvalue weighted by Crippen LogP contribution is 2.37. The van der Waals surface area contributed by atoms with Crippen LogP contribution in [0.15, 0.2) is 40.9 Å². The highest BCUT2D eigenvalue weighted by molar-refractivity contribution is 9.10. The number of benzene rings is 2. The van der Waals surface area contributed by atoms with Gasteiger partial charge < -0.3 is 4.74 Å². The molecule has 0 spiro atoms. The fourth-order valence-electron chi connectivity index (χ4n) is 2.10. The van der Waals surface area contributed by atoms with Gasteiger partial charge in [0.1, 0.15) is 5.75 Å². The van der Waals surface area contributed by atoms with Crippen LogP contribution in [0.4, 0.5) is 0 Å². The van der Waals surface area contributed by atoms with Gasteiger partial charge in [0.25, 0.3) is 0 Å². The third kappa shape index (κ3) is 3.36. The van der Waals surface area contributed by atoms with E-state index in [1.54, 1.807) is 0 Å². The summed E-state index contributed by atoms with van der Waals surface area (Å²) in [5.41, 5.74) is 4.46. The minimum atomic E-state index is -0.214. The normalized spacial score (nSPS) is 12.2. The van der Waals surface area contributed by atoms with Crippen LogP contribution in [0.1, 0.15) is 34.6 Å². The van der Waals surface area contributed by atoms with Crippen molar-refractivity contribution >= 4 is 27.5 Å². The SMILES string of the molecule is CCOc1ccc(C)cc1C(Cl)c1ccc(C)c(Br)c1. The Labute approximate surface area is 134 Å². The Morgan fingerprint density at radius 2 is 1.90 bits per heavy atom. The molecule has 1 atom stereocenters. The van der Waals surface area contributed by atoms with Crippen LogP contribution in [-0.4, -0.2) is 6.61 Å². The second-order valence-corrected chi connectivity index (χ2v) is 6.14. The number of hydrogen-bond donors (Lipinski definition) is 0. The van der Waals surface area contributed by atoms with Gasteiger partial charge in [0, 0.05) is 10.0 Å². The van der Waals surface area contributed by atoms with Crippen LogP contribution in [-0.2, 0) is 0 Å². The Morgan fingerprint density at radius 3 is 2.55 bits per heavy atom. The molecule has 2 aromatic rings. The minimum Gasteiger partial charge on any atom is -0.494 e. The van der Waals surface area contributed by atoms with Crippen molar-refractivity contribution in [3.8, 4) is 5.75 Å². The third-order valence-corrected chi connectivity index (χ3v) is 4.57. The minimum absolute atomic E-state index is 0.214. The summed E-state index contributed by atoms with van der Waals surface area (Å²) in [6, 6.07) is 12.3. The monoisotopic (exact) mass is 352 g/mol. The molecule has 20 heavy (non-hydrogen) atoms. The van der Waals surface area contributed by atoms with Gasteiger partial charge in [-0.3, -0.25) is 0 Å². The first-order valence-electron chi connectivity index (χ1n) is 6.66. The van der Waals surface area contributed by atoms with E-state index < -0.39 is 0 Å². The van der Waals surface area contributed by atoms with Gasteiger partial charge in [0.2, 0.25) is 0 Å². The molecule has 0 radical (unpaired) electrons. The Morgan fingerprint density at radius 1 is 1.15 bits per heavy atom. The van der Waals surface area contributed by atoms with E-state index in [0.717, 1.165) is 21.3 Å². The predicted molar refractivity (Wildman–Crippen MR) is 88.9 cm³/mol. The van der Waals surface area contributed by atoms with E-state index in [-0.39, 0.29) is 5.38 Å². The molecular weight excluding hydrogens is 336 g/mol. The van der Waals surface area contributed by atoms with Gasteiger partial charge in [-0.05, 0) is 44.0 Å². The van der Waals surface area contributed by atoms with Crippen LogP contribution >= 0.6 is 27.5 Å². The average molecular weight is 354 g/mol. The lowest BCUT2D eigenvalue weighted by molar-refractivity contribution is 0.337. The molecule has 106 valence electrons. The number of alkyl halides is 1. The predicted octanol–water partition coefficient (Wildman–Crippen LogP) is 5.79. The summed E-state index contributed by atoms with van der Waals surface area (Å²) in [4.78, 5) is 0. The molecule has 0 aliphatic carbocycles. The molecule has 1 unspecified atom stereocenters. The topological polar surface area (TPSA) is 9.23 Å². The average Bonchev–Trinajstić information content (AvgIpc) is 2.43. The molecule has 2 aromatic carbocycles. The molecule has 0 N–H and O–H groups in total.